The number of carbonyl (C=O) groups excluding carboxylic acids is 2. The lowest BCUT2D eigenvalue weighted by molar-refractivity contribution is -0.137. The Hall–Kier alpha value is -2.04. The lowest BCUT2D eigenvalue weighted by atomic mass is 9.95. The second-order valence-corrected chi connectivity index (χ2v) is 5.76. The molecule has 0 radical (unpaired) electrons. The van der Waals surface area contributed by atoms with E-state index in [0.717, 1.165) is 0 Å². The number of hydrogen-bond donors (Lipinski definition) is 2. The second kappa shape index (κ2) is 6.61. The van der Waals surface area contributed by atoms with Crippen molar-refractivity contribution in [1.29, 1.82) is 0 Å². The van der Waals surface area contributed by atoms with Gasteiger partial charge in [-0.05, 0) is 25.0 Å². The maximum absolute atomic E-state index is 12.2. The number of nitrogens with one attached hydrogen (secondary N) is 1. The minimum Gasteiger partial charge on any atom is -0.506 e. The highest BCUT2D eigenvalue weighted by Gasteiger charge is 2.28. The van der Waals surface area contributed by atoms with Gasteiger partial charge in [0.15, 0.2) is 0 Å². The van der Waals surface area contributed by atoms with E-state index in [1.165, 1.54) is 0 Å². The van der Waals surface area contributed by atoms with E-state index < -0.39 is 0 Å². The Morgan fingerprint density at radius 1 is 1.24 bits per heavy atom. The Bertz CT molecular complexity index is 520. The Labute approximate surface area is 125 Å². The highest BCUT2D eigenvalue weighted by Crippen LogP contribution is 2.25. The van der Waals surface area contributed by atoms with E-state index in [-0.39, 0.29) is 29.4 Å². The van der Waals surface area contributed by atoms with Crippen LogP contribution in [-0.2, 0) is 9.59 Å². The first-order valence-corrected chi connectivity index (χ1v) is 7.36. The largest absolute Gasteiger partial charge is 0.506 e. The molecule has 5 heteroatoms. The van der Waals surface area contributed by atoms with Crippen molar-refractivity contribution in [2.45, 2.75) is 26.7 Å². The van der Waals surface area contributed by atoms with Gasteiger partial charge in [-0.1, -0.05) is 26.0 Å². The number of phenols is 1. The van der Waals surface area contributed by atoms with Gasteiger partial charge >= 0.3 is 0 Å². The monoisotopic (exact) mass is 290 g/mol. The summed E-state index contributed by atoms with van der Waals surface area (Å²) in [6.45, 7) is 5.02. The van der Waals surface area contributed by atoms with Gasteiger partial charge in [0.2, 0.25) is 11.8 Å². The summed E-state index contributed by atoms with van der Waals surface area (Å²) in [4.78, 5) is 25.9. The van der Waals surface area contributed by atoms with Gasteiger partial charge in [-0.3, -0.25) is 9.59 Å². The molecular formula is C16H22N2O3. The van der Waals surface area contributed by atoms with Crippen molar-refractivity contribution in [3.8, 4) is 5.75 Å². The summed E-state index contributed by atoms with van der Waals surface area (Å²) in [5, 5.41) is 12.4. The average Bonchev–Trinajstić information content (AvgIpc) is 2.49. The smallest absolute Gasteiger partial charge is 0.227 e. The summed E-state index contributed by atoms with van der Waals surface area (Å²) >= 11 is 0. The molecule has 21 heavy (non-hydrogen) atoms. The minimum atomic E-state index is -0.110. The molecular weight excluding hydrogens is 268 g/mol. The summed E-state index contributed by atoms with van der Waals surface area (Å²) in [6.07, 6.45) is 1.33. The molecule has 2 amide bonds. The molecule has 0 saturated carbocycles. The summed E-state index contributed by atoms with van der Waals surface area (Å²) in [5.41, 5.74) is 0.434. The minimum absolute atomic E-state index is 0.00311. The molecule has 1 heterocycles. The van der Waals surface area contributed by atoms with E-state index in [0.29, 0.717) is 31.6 Å². The van der Waals surface area contributed by atoms with Gasteiger partial charge in [-0.2, -0.15) is 0 Å². The number of hydrogen-bond acceptors (Lipinski definition) is 3. The summed E-state index contributed by atoms with van der Waals surface area (Å²) in [5.74, 6) is 0.0124. The molecule has 1 fully saturated rings. The third kappa shape index (κ3) is 3.74. The number of nitrogens with zero attached hydrogens (tertiary/aromatic N) is 1. The fraction of sp³-hybridized carbons (Fsp3) is 0.500. The third-order valence-corrected chi connectivity index (χ3v) is 3.83. The molecule has 0 aliphatic carbocycles. The number of amides is 2. The standard InChI is InChI=1S/C16H22N2O3/c1-11(2)16(21)18-9-7-12(8-10-18)15(20)17-13-5-3-4-6-14(13)19/h3-6,11-12,19H,7-10H2,1-2H3,(H,17,20). The number of likely N-dealkylation sites (tertiary alicyclic amines) is 1. The fourth-order valence-electron chi connectivity index (χ4n) is 2.54. The first-order chi connectivity index (χ1) is 9.99. The SMILES string of the molecule is CC(C)C(=O)N1CCC(C(=O)Nc2ccccc2O)CC1. The van der Waals surface area contributed by atoms with Crippen molar-refractivity contribution in [2.75, 3.05) is 18.4 Å². The quantitative estimate of drug-likeness (QED) is 0.839. The van der Waals surface area contributed by atoms with Gasteiger partial charge in [-0.25, -0.2) is 0 Å². The lowest BCUT2D eigenvalue weighted by Gasteiger charge is -2.32. The predicted octanol–water partition coefficient (Wildman–Crippen LogP) is 2.23. The van der Waals surface area contributed by atoms with Crippen LogP contribution in [-0.4, -0.2) is 34.9 Å². The predicted molar refractivity (Wildman–Crippen MR) is 80.9 cm³/mol. The lowest BCUT2D eigenvalue weighted by Crippen LogP contribution is -2.43. The molecule has 0 bridgehead atoms. The number of anilines is 1. The van der Waals surface area contributed by atoms with E-state index in [2.05, 4.69) is 5.32 Å². The van der Waals surface area contributed by atoms with Crippen LogP contribution < -0.4 is 5.32 Å². The summed E-state index contributed by atoms with van der Waals surface area (Å²) < 4.78 is 0. The highest BCUT2D eigenvalue weighted by molar-refractivity contribution is 5.94. The van der Waals surface area contributed by atoms with Crippen molar-refractivity contribution in [3.63, 3.8) is 0 Å². The zero-order valence-corrected chi connectivity index (χ0v) is 12.5. The average molecular weight is 290 g/mol. The van der Waals surface area contributed by atoms with Gasteiger partial charge in [-0.15, -0.1) is 0 Å². The second-order valence-electron chi connectivity index (χ2n) is 5.76. The maximum atomic E-state index is 12.2. The Morgan fingerprint density at radius 3 is 2.43 bits per heavy atom. The molecule has 0 spiro atoms. The molecule has 1 aliphatic heterocycles. The van der Waals surface area contributed by atoms with E-state index in [9.17, 15) is 14.7 Å². The number of benzene rings is 1. The fourth-order valence-corrected chi connectivity index (χ4v) is 2.54. The van der Waals surface area contributed by atoms with Crippen LogP contribution in [0.2, 0.25) is 0 Å². The highest BCUT2D eigenvalue weighted by atomic mass is 16.3. The van der Waals surface area contributed by atoms with E-state index in [1.807, 2.05) is 18.7 Å². The van der Waals surface area contributed by atoms with E-state index >= 15 is 0 Å². The Kier molecular flexibility index (Phi) is 4.83. The molecule has 1 aromatic rings. The van der Waals surface area contributed by atoms with Crippen LogP contribution in [0.15, 0.2) is 24.3 Å². The Morgan fingerprint density at radius 2 is 1.86 bits per heavy atom. The molecule has 0 unspecified atom stereocenters. The number of phenolic OH excluding ortho intramolecular Hbond substituents is 1. The van der Waals surface area contributed by atoms with Crippen LogP contribution in [0, 0.1) is 11.8 Å². The third-order valence-electron chi connectivity index (χ3n) is 3.83. The number of para-hydroxylation sites is 2. The van der Waals surface area contributed by atoms with Crippen LogP contribution in [0.5, 0.6) is 5.75 Å². The molecule has 5 nitrogen and oxygen atoms in total. The maximum Gasteiger partial charge on any atom is 0.227 e. The molecule has 1 aliphatic rings. The van der Waals surface area contributed by atoms with Gasteiger partial charge in [0.25, 0.3) is 0 Å². The van der Waals surface area contributed by atoms with Crippen molar-refractivity contribution in [1.82, 2.24) is 4.90 Å². The zero-order chi connectivity index (χ0) is 15.4. The van der Waals surface area contributed by atoms with Crippen molar-refractivity contribution < 1.29 is 14.7 Å². The zero-order valence-electron chi connectivity index (χ0n) is 12.5. The number of rotatable bonds is 3. The van der Waals surface area contributed by atoms with Crippen molar-refractivity contribution >= 4 is 17.5 Å². The van der Waals surface area contributed by atoms with Crippen molar-refractivity contribution in [3.05, 3.63) is 24.3 Å². The van der Waals surface area contributed by atoms with Crippen LogP contribution >= 0.6 is 0 Å². The summed E-state index contributed by atoms with van der Waals surface area (Å²) in [7, 11) is 0. The number of aromatic hydroxyl groups is 1. The van der Waals surface area contributed by atoms with E-state index in [1.54, 1.807) is 24.3 Å². The first kappa shape index (κ1) is 15.4. The topological polar surface area (TPSA) is 69.6 Å². The van der Waals surface area contributed by atoms with Crippen LogP contribution in [0.25, 0.3) is 0 Å². The first-order valence-electron chi connectivity index (χ1n) is 7.36. The molecule has 0 aromatic heterocycles. The Balaban J connectivity index is 1.89. The van der Waals surface area contributed by atoms with Gasteiger partial charge < -0.3 is 15.3 Å². The summed E-state index contributed by atoms with van der Waals surface area (Å²) in [6, 6.07) is 6.68. The molecule has 1 saturated heterocycles. The van der Waals surface area contributed by atoms with Crippen LogP contribution in [0.4, 0.5) is 5.69 Å². The van der Waals surface area contributed by atoms with Gasteiger partial charge in [0.1, 0.15) is 5.75 Å². The molecule has 1 aromatic carbocycles. The van der Waals surface area contributed by atoms with Gasteiger partial charge in [0, 0.05) is 24.9 Å². The molecule has 2 rings (SSSR count). The number of carbonyl (C=O) groups is 2. The number of piperidine rings is 1. The molecule has 2 N–H and O–H groups in total. The normalized spacial score (nSPS) is 16.0. The molecule has 114 valence electrons. The molecule has 0 atom stereocenters. The van der Waals surface area contributed by atoms with E-state index in [4.69, 9.17) is 0 Å². The van der Waals surface area contributed by atoms with Crippen LogP contribution in [0.1, 0.15) is 26.7 Å². The van der Waals surface area contributed by atoms with Crippen molar-refractivity contribution in [2.24, 2.45) is 11.8 Å². The van der Waals surface area contributed by atoms with Gasteiger partial charge in [0.05, 0.1) is 5.69 Å². The van der Waals surface area contributed by atoms with Crippen LogP contribution in [0.3, 0.4) is 0 Å².